The molecular weight excluding hydrogens is 378 g/mol. The molecule has 0 aliphatic rings. The van der Waals surface area contributed by atoms with Gasteiger partial charge in [0.25, 0.3) is 5.91 Å². The summed E-state index contributed by atoms with van der Waals surface area (Å²) in [5, 5.41) is 4.67. The highest BCUT2D eigenvalue weighted by atomic mass is 79.9. The van der Waals surface area contributed by atoms with Gasteiger partial charge in [0.15, 0.2) is 6.61 Å². The van der Waals surface area contributed by atoms with Crippen LogP contribution in [0, 0.1) is 13.8 Å². The molecule has 0 saturated heterocycles. The van der Waals surface area contributed by atoms with Crippen molar-refractivity contribution in [2.75, 3.05) is 11.9 Å². The Hall–Kier alpha value is -1.92. The maximum absolute atomic E-state index is 11.8. The molecule has 0 unspecified atom stereocenters. The number of carbonyl (C=O) groups is 2. The van der Waals surface area contributed by atoms with Crippen LogP contribution in [0.5, 0.6) is 0 Å². The van der Waals surface area contributed by atoms with Crippen LogP contribution in [-0.4, -0.2) is 18.5 Å². The molecule has 1 N–H and O–H groups in total. The molecule has 2 aromatic rings. The number of nitrogens with one attached hydrogen (secondary N) is 1. The molecule has 0 aliphatic carbocycles. The fourth-order valence-corrected chi connectivity index (χ4v) is 3.13. The number of hydrogen-bond donors (Lipinski definition) is 1. The normalized spacial score (nSPS) is 10.7. The number of amides is 1. The summed E-state index contributed by atoms with van der Waals surface area (Å²) in [4.78, 5) is 24.4. The van der Waals surface area contributed by atoms with E-state index in [1.807, 2.05) is 37.4 Å². The summed E-state index contributed by atoms with van der Waals surface area (Å²) in [5.74, 6) is -0.912. The highest BCUT2D eigenvalue weighted by Gasteiger charge is 2.08. The van der Waals surface area contributed by atoms with Crippen molar-refractivity contribution in [2.45, 2.75) is 13.8 Å². The van der Waals surface area contributed by atoms with Gasteiger partial charge in [0.1, 0.15) is 0 Å². The van der Waals surface area contributed by atoms with E-state index in [0.29, 0.717) is 5.69 Å². The second kappa shape index (κ2) is 8.08. The van der Waals surface area contributed by atoms with Crippen LogP contribution in [0.3, 0.4) is 0 Å². The van der Waals surface area contributed by atoms with E-state index in [0.717, 1.165) is 20.5 Å². The van der Waals surface area contributed by atoms with Crippen molar-refractivity contribution < 1.29 is 14.3 Å². The minimum Gasteiger partial charge on any atom is -0.452 e. The minimum absolute atomic E-state index is 0.317. The number of benzene rings is 1. The number of ether oxygens (including phenoxy) is 1. The first kappa shape index (κ1) is 17.4. The van der Waals surface area contributed by atoms with E-state index >= 15 is 0 Å². The molecule has 6 heteroatoms. The van der Waals surface area contributed by atoms with E-state index in [1.165, 1.54) is 6.08 Å². The van der Waals surface area contributed by atoms with Gasteiger partial charge in [-0.05, 0) is 60.7 Å². The molecule has 4 nitrogen and oxygen atoms in total. The molecule has 1 amide bonds. The van der Waals surface area contributed by atoms with Crippen molar-refractivity contribution in [3.8, 4) is 0 Å². The van der Waals surface area contributed by atoms with Gasteiger partial charge >= 0.3 is 5.97 Å². The summed E-state index contributed by atoms with van der Waals surface area (Å²) in [6.07, 6.45) is 3.02. The molecule has 0 atom stereocenters. The third-order valence-electron chi connectivity index (χ3n) is 3.08. The van der Waals surface area contributed by atoms with E-state index in [9.17, 15) is 9.59 Å². The summed E-state index contributed by atoms with van der Waals surface area (Å²) in [7, 11) is 0. The Balaban J connectivity index is 1.83. The Morgan fingerprint density at radius 3 is 2.70 bits per heavy atom. The Labute approximate surface area is 147 Å². The van der Waals surface area contributed by atoms with Crippen LogP contribution in [0.4, 0.5) is 5.69 Å². The molecule has 0 aliphatic heterocycles. The number of thiophene rings is 1. The number of carbonyl (C=O) groups excluding carboxylic acids is 2. The number of rotatable bonds is 5. The Morgan fingerprint density at radius 2 is 2.04 bits per heavy atom. The second-order valence-corrected chi connectivity index (χ2v) is 6.78. The zero-order valence-electron chi connectivity index (χ0n) is 12.8. The minimum atomic E-state index is -0.541. The fraction of sp³-hybridized carbons (Fsp3) is 0.176. The monoisotopic (exact) mass is 393 g/mol. The van der Waals surface area contributed by atoms with Crippen molar-refractivity contribution in [2.24, 2.45) is 0 Å². The molecule has 0 spiro atoms. The summed E-state index contributed by atoms with van der Waals surface area (Å²) in [6, 6.07) is 7.50. The first-order chi connectivity index (χ1) is 11.0. The van der Waals surface area contributed by atoms with Gasteiger partial charge in [-0.15, -0.1) is 11.3 Å². The van der Waals surface area contributed by atoms with Crippen molar-refractivity contribution in [3.63, 3.8) is 0 Å². The zero-order valence-corrected chi connectivity index (χ0v) is 15.2. The van der Waals surface area contributed by atoms with Crippen LogP contribution in [0.1, 0.15) is 16.0 Å². The highest BCUT2D eigenvalue weighted by Crippen LogP contribution is 2.20. The van der Waals surface area contributed by atoms with Crippen LogP contribution >= 0.6 is 27.3 Å². The molecule has 1 aromatic carbocycles. The maximum Gasteiger partial charge on any atom is 0.331 e. The van der Waals surface area contributed by atoms with E-state index in [2.05, 4.69) is 21.2 Å². The van der Waals surface area contributed by atoms with E-state index in [1.54, 1.807) is 23.5 Å². The maximum atomic E-state index is 11.8. The smallest absolute Gasteiger partial charge is 0.331 e. The number of anilines is 1. The topological polar surface area (TPSA) is 55.4 Å². The fourth-order valence-electron chi connectivity index (χ4n) is 1.84. The number of aryl methyl sites for hydroxylation is 2. The van der Waals surface area contributed by atoms with Crippen LogP contribution < -0.4 is 5.32 Å². The molecule has 0 saturated carbocycles. The molecule has 23 heavy (non-hydrogen) atoms. The molecule has 1 heterocycles. The third-order valence-corrected chi connectivity index (χ3v) is 4.56. The van der Waals surface area contributed by atoms with Crippen molar-refractivity contribution in [3.05, 3.63) is 56.2 Å². The third kappa shape index (κ3) is 5.33. The van der Waals surface area contributed by atoms with Crippen LogP contribution in [0.15, 0.2) is 40.2 Å². The largest absolute Gasteiger partial charge is 0.452 e. The molecular formula is C17H16BrNO3S. The van der Waals surface area contributed by atoms with Crippen molar-refractivity contribution in [1.29, 1.82) is 0 Å². The molecule has 0 bridgehead atoms. The summed E-state index contributed by atoms with van der Waals surface area (Å²) in [5.41, 5.74) is 2.72. The van der Waals surface area contributed by atoms with Crippen molar-refractivity contribution in [1.82, 2.24) is 0 Å². The quantitative estimate of drug-likeness (QED) is 0.607. The lowest BCUT2D eigenvalue weighted by Crippen LogP contribution is -2.20. The van der Waals surface area contributed by atoms with Gasteiger partial charge < -0.3 is 10.1 Å². The molecule has 2 rings (SSSR count). The van der Waals surface area contributed by atoms with Crippen molar-refractivity contribution >= 4 is 50.9 Å². The van der Waals surface area contributed by atoms with Gasteiger partial charge in [-0.1, -0.05) is 15.9 Å². The van der Waals surface area contributed by atoms with E-state index in [4.69, 9.17) is 4.74 Å². The molecule has 120 valence electrons. The van der Waals surface area contributed by atoms with E-state index in [-0.39, 0.29) is 12.5 Å². The summed E-state index contributed by atoms with van der Waals surface area (Å²) in [6.45, 7) is 3.54. The van der Waals surface area contributed by atoms with Gasteiger partial charge in [0.2, 0.25) is 0 Å². The lowest BCUT2D eigenvalue weighted by atomic mass is 10.2. The Morgan fingerprint density at radius 1 is 1.26 bits per heavy atom. The zero-order chi connectivity index (χ0) is 16.8. The molecule has 0 fully saturated rings. The number of halogens is 1. The lowest BCUT2D eigenvalue weighted by molar-refractivity contribution is -0.142. The first-order valence-corrected chi connectivity index (χ1v) is 8.58. The van der Waals surface area contributed by atoms with Crippen LogP contribution in [-0.2, 0) is 14.3 Å². The second-order valence-electron chi connectivity index (χ2n) is 4.92. The molecule has 1 aromatic heterocycles. The lowest BCUT2D eigenvalue weighted by Gasteiger charge is -2.08. The summed E-state index contributed by atoms with van der Waals surface area (Å²) >= 11 is 4.90. The molecule has 0 radical (unpaired) electrons. The summed E-state index contributed by atoms with van der Waals surface area (Å²) < 4.78 is 5.87. The van der Waals surface area contributed by atoms with Gasteiger partial charge in [0.05, 0.1) is 0 Å². The van der Waals surface area contributed by atoms with Gasteiger partial charge in [-0.3, -0.25) is 4.79 Å². The van der Waals surface area contributed by atoms with Gasteiger partial charge in [-0.25, -0.2) is 4.79 Å². The van der Waals surface area contributed by atoms with Gasteiger partial charge in [-0.2, -0.15) is 0 Å². The number of hydrogen-bond acceptors (Lipinski definition) is 4. The van der Waals surface area contributed by atoms with Crippen LogP contribution in [0.2, 0.25) is 0 Å². The Bertz CT molecular complexity index is 752. The Kier molecular flexibility index (Phi) is 6.12. The highest BCUT2D eigenvalue weighted by molar-refractivity contribution is 9.10. The standard InChI is InChI=1S/C17H16BrNO3S/c1-11-7-8-23-15(11)5-6-17(21)22-10-16(20)19-14-4-3-13(18)9-12(14)2/h3-9H,10H2,1-2H3,(H,19,20)/b6-5+. The van der Waals surface area contributed by atoms with E-state index < -0.39 is 5.97 Å². The van der Waals surface area contributed by atoms with Crippen LogP contribution in [0.25, 0.3) is 6.08 Å². The SMILES string of the molecule is Cc1cc(Br)ccc1NC(=O)COC(=O)/C=C/c1sccc1C. The number of esters is 1. The predicted octanol–water partition coefficient (Wildman–Crippen LogP) is 4.32. The predicted molar refractivity (Wildman–Crippen MR) is 96.6 cm³/mol. The first-order valence-electron chi connectivity index (χ1n) is 6.90. The average molecular weight is 394 g/mol. The van der Waals surface area contributed by atoms with Gasteiger partial charge in [0, 0.05) is 21.1 Å². The average Bonchev–Trinajstić information content (AvgIpc) is 2.91.